The first-order valence-electron chi connectivity index (χ1n) is 7.71. The van der Waals surface area contributed by atoms with Crippen LogP contribution in [-0.4, -0.2) is 39.7 Å². The fourth-order valence-electron chi connectivity index (χ4n) is 2.08. The Bertz CT molecular complexity index is 817. The maximum absolute atomic E-state index is 12.4. The van der Waals surface area contributed by atoms with Gasteiger partial charge in [-0.15, -0.1) is 0 Å². The highest BCUT2D eigenvalue weighted by molar-refractivity contribution is 7.89. The fraction of sp³-hybridized carbons (Fsp3) is 0.375. The van der Waals surface area contributed by atoms with Crippen LogP contribution >= 0.6 is 0 Å². The minimum Gasteiger partial charge on any atom is -0.385 e. The average molecular weight is 367 g/mol. The summed E-state index contributed by atoms with van der Waals surface area (Å²) in [6.07, 6.45) is 0.679. The first-order chi connectivity index (χ1) is 11.9. The number of carbonyl (C=O) groups excluding carboxylic acids is 1. The van der Waals surface area contributed by atoms with Crippen LogP contribution in [0, 0.1) is 6.92 Å². The van der Waals surface area contributed by atoms with Crippen molar-refractivity contribution in [1.29, 1.82) is 0 Å². The summed E-state index contributed by atoms with van der Waals surface area (Å²) in [5.74, 6) is 0.265. The van der Waals surface area contributed by atoms with E-state index in [-0.39, 0.29) is 22.9 Å². The van der Waals surface area contributed by atoms with Gasteiger partial charge in [-0.05, 0) is 31.5 Å². The van der Waals surface area contributed by atoms with Crippen molar-refractivity contribution in [2.45, 2.75) is 24.8 Å². The lowest BCUT2D eigenvalue weighted by molar-refractivity contribution is 0.0948. The molecule has 9 heteroatoms. The summed E-state index contributed by atoms with van der Waals surface area (Å²) >= 11 is 0. The predicted molar refractivity (Wildman–Crippen MR) is 90.5 cm³/mol. The highest BCUT2D eigenvalue weighted by Gasteiger charge is 2.17. The van der Waals surface area contributed by atoms with Crippen molar-refractivity contribution in [3.8, 4) is 0 Å². The van der Waals surface area contributed by atoms with Crippen LogP contribution in [0.25, 0.3) is 0 Å². The summed E-state index contributed by atoms with van der Waals surface area (Å²) < 4.78 is 37.0. The smallest absolute Gasteiger partial charge is 0.251 e. The maximum Gasteiger partial charge on any atom is 0.251 e. The number of carbonyl (C=O) groups is 1. The number of rotatable bonds is 9. The second-order valence-electron chi connectivity index (χ2n) is 5.38. The first-order valence-corrected chi connectivity index (χ1v) is 9.20. The van der Waals surface area contributed by atoms with Crippen molar-refractivity contribution < 1.29 is 22.5 Å². The van der Waals surface area contributed by atoms with Crippen LogP contribution in [0.3, 0.4) is 0 Å². The van der Waals surface area contributed by atoms with E-state index >= 15 is 0 Å². The zero-order valence-electron chi connectivity index (χ0n) is 14.1. The van der Waals surface area contributed by atoms with Crippen molar-refractivity contribution >= 4 is 15.9 Å². The van der Waals surface area contributed by atoms with Gasteiger partial charge in [0.1, 0.15) is 5.76 Å². The molecule has 0 saturated heterocycles. The van der Waals surface area contributed by atoms with Crippen LogP contribution in [0.5, 0.6) is 0 Å². The van der Waals surface area contributed by atoms with Gasteiger partial charge in [-0.25, -0.2) is 13.1 Å². The fourth-order valence-corrected chi connectivity index (χ4v) is 3.12. The van der Waals surface area contributed by atoms with Gasteiger partial charge < -0.3 is 14.6 Å². The largest absolute Gasteiger partial charge is 0.385 e. The number of amides is 1. The molecule has 136 valence electrons. The normalized spacial score (nSPS) is 11.4. The molecule has 0 saturated carbocycles. The van der Waals surface area contributed by atoms with Gasteiger partial charge in [0.25, 0.3) is 5.91 Å². The minimum absolute atomic E-state index is 0.00706. The topological polar surface area (TPSA) is 111 Å². The molecule has 2 rings (SSSR count). The molecule has 1 amide bonds. The molecule has 0 bridgehead atoms. The van der Waals surface area contributed by atoms with Crippen LogP contribution in [0.1, 0.15) is 28.2 Å². The molecule has 0 unspecified atom stereocenters. The highest BCUT2D eigenvalue weighted by atomic mass is 32.2. The van der Waals surface area contributed by atoms with E-state index in [4.69, 9.17) is 9.26 Å². The zero-order chi connectivity index (χ0) is 18.3. The maximum atomic E-state index is 12.4. The lowest BCUT2D eigenvalue weighted by Gasteiger charge is -2.08. The van der Waals surface area contributed by atoms with Crippen LogP contribution in [0.2, 0.25) is 0 Å². The number of nitrogens with zero attached hydrogens (tertiary/aromatic N) is 1. The Hall–Kier alpha value is -2.23. The van der Waals surface area contributed by atoms with Gasteiger partial charge in [0.2, 0.25) is 10.0 Å². The van der Waals surface area contributed by atoms with Crippen LogP contribution in [0.15, 0.2) is 39.8 Å². The Morgan fingerprint density at radius 2 is 2.12 bits per heavy atom. The molecular weight excluding hydrogens is 346 g/mol. The number of sulfonamides is 1. The van der Waals surface area contributed by atoms with E-state index in [2.05, 4.69) is 15.2 Å². The third-order valence-corrected chi connectivity index (χ3v) is 4.74. The summed E-state index contributed by atoms with van der Waals surface area (Å²) in [5.41, 5.74) is 0.755. The van der Waals surface area contributed by atoms with E-state index in [1.165, 1.54) is 18.2 Å². The number of hydrogen-bond donors (Lipinski definition) is 2. The van der Waals surface area contributed by atoms with E-state index in [0.29, 0.717) is 31.0 Å². The van der Waals surface area contributed by atoms with E-state index in [1.54, 1.807) is 26.2 Å². The Balaban J connectivity index is 2.02. The number of ether oxygens (including phenoxy) is 1. The lowest BCUT2D eigenvalue weighted by atomic mass is 10.2. The second kappa shape index (κ2) is 8.75. The van der Waals surface area contributed by atoms with Gasteiger partial charge >= 0.3 is 0 Å². The standard InChI is InChI=1S/C16H21N3O5S/c1-12-9-14(19-24-12)11-18-25(21,22)15-6-3-5-13(10-15)16(20)17-7-4-8-23-2/h3,5-6,9-10,18H,4,7-8,11H2,1-2H3,(H,17,20). The molecule has 1 aromatic carbocycles. The molecule has 8 nitrogen and oxygen atoms in total. The van der Waals surface area contributed by atoms with Gasteiger partial charge in [0.05, 0.1) is 17.1 Å². The van der Waals surface area contributed by atoms with E-state index in [1.807, 2.05) is 0 Å². The third-order valence-electron chi connectivity index (χ3n) is 3.34. The SMILES string of the molecule is COCCCNC(=O)c1cccc(S(=O)(=O)NCc2cc(C)on2)c1. The van der Waals surface area contributed by atoms with Crippen LogP contribution in [0.4, 0.5) is 0 Å². The molecule has 2 N–H and O–H groups in total. The number of aryl methyl sites for hydroxylation is 1. The molecule has 25 heavy (non-hydrogen) atoms. The number of benzene rings is 1. The molecule has 1 aromatic heterocycles. The summed E-state index contributed by atoms with van der Waals surface area (Å²) in [6, 6.07) is 7.50. The molecule has 1 heterocycles. The second-order valence-corrected chi connectivity index (χ2v) is 7.15. The van der Waals surface area contributed by atoms with Crippen molar-refractivity contribution in [3.63, 3.8) is 0 Å². The summed E-state index contributed by atoms with van der Waals surface area (Å²) in [4.78, 5) is 12.1. The van der Waals surface area contributed by atoms with E-state index in [0.717, 1.165) is 0 Å². The monoisotopic (exact) mass is 367 g/mol. The lowest BCUT2D eigenvalue weighted by Crippen LogP contribution is -2.26. The third kappa shape index (κ3) is 5.66. The highest BCUT2D eigenvalue weighted by Crippen LogP contribution is 2.12. The molecular formula is C16H21N3O5S. The van der Waals surface area contributed by atoms with Crippen LogP contribution < -0.4 is 10.0 Å². The Kier molecular flexibility index (Phi) is 6.68. The number of methoxy groups -OCH3 is 1. The van der Waals surface area contributed by atoms with Crippen molar-refractivity contribution in [1.82, 2.24) is 15.2 Å². The molecule has 0 atom stereocenters. The van der Waals surface area contributed by atoms with Gasteiger partial charge in [-0.2, -0.15) is 0 Å². The van der Waals surface area contributed by atoms with Gasteiger partial charge in [0, 0.05) is 31.9 Å². The van der Waals surface area contributed by atoms with Crippen LogP contribution in [-0.2, 0) is 21.3 Å². The van der Waals surface area contributed by atoms with Gasteiger partial charge in [-0.3, -0.25) is 4.79 Å². The van der Waals surface area contributed by atoms with E-state index in [9.17, 15) is 13.2 Å². The average Bonchev–Trinajstić information content (AvgIpc) is 3.02. The Morgan fingerprint density at radius 3 is 2.80 bits per heavy atom. The van der Waals surface area contributed by atoms with Crippen molar-refractivity contribution in [3.05, 3.63) is 47.3 Å². The van der Waals surface area contributed by atoms with E-state index < -0.39 is 10.0 Å². The summed E-state index contributed by atoms with van der Waals surface area (Å²) in [7, 11) is -2.18. The molecule has 0 spiro atoms. The van der Waals surface area contributed by atoms with Crippen molar-refractivity contribution in [2.24, 2.45) is 0 Å². The zero-order valence-corrected chi connectivity index (χ0v) is 14.9. The number of nitrogens with one attached hydrogen (secondary N) is 2. The summed E-state index contributed by atoms with van der Waals surface area (Å²) in [5, 5.41) is 6.45. The molecule has 2 aromatic rings. The predicted octanol–water partition coefficient (Wildman–Crippen LogP) is 1.23. The van der Waals surface area contributed by atoms with Gasteiger partial charge in [-0.1, -0.05) is 11.2 Å². The molecule has 0 aliphatic carbocycles. The number of hydrogen-bond acceptors (Lipinski definition) is 6. The molecule has 0 aliphatic rings. The number of aromatic nitrogens is 1. The minimum atomic E-state index is -3.77. The van der Waals surface area contributed by atoms with Crippen molar-refractivity contribution in [2.75, 3.05) is 20.3 Å². The molecule has 0 aliphatic heterocycles. The van der Waals surface area contributed by atoms with Gasteiger partial charge in [0.15, 0.2) is 0 Å². The Morgan fingerprint density at radius 1 is 1.32 bits per heavy atom. The Labute approximate surface area is 146 Å². The summed E-state index contributed by atoms with van der Waals surface area (Å²) in [6.45, 7) is 2.72. The molecule has 0 fully saturated rings. The molecule has 0 radical (unpaired) electrons. The first kappa shape index (κ1) is 19.1. The quantitative estimate of drug-likeness (QED) is 0.645.